The Morgan fingerprint density at radius 2 is 1.93 bits per heavy atom. The van der Waals surface area contributed by atoms with Gasteiger partial charge in [-0.25, -0.2) is 4.98 Å². The SMILES string of the molecule is CC1=NN(c2ccc(C(=O)Nc3nc(CN4C[C@H](C)C[C@@H](C)C4)cs3)cc2)CC1. The molecule has 2 aliphatic heterocycles. The molecule has 0 aliphatic carbocycles. The number of piperidine rings is 1. The maximum absolute atomic E-state index is 12.6. The number of hydrogen-bond acceptors (Lipinski definition) is 6. The average Bonchev–Trinajstić information content (AvgIpc) is 3.30. The number of thiazole rings is 1. The average molecular weight is 412 g/mol. The number of nitrogens with zero attached hydrogens (tertiary/aromatic N) is 4. The van der Waals surface area contributed by atoms with Crippen molar-refractivity contribution in [3.05, 3.63) is 40.9 Å². The second-order valence-corrected chi connectivity index (χ2v) is 9.35. The lowest BCUT2D eigenvalue weighted by Crippen LogP contribution is -2.38. The summed E-state index contributed by atoms with van der Waals surface area (Å²) in [5, 5.41) is 12.1. The van der Waals surface area contributed by atoms with Crippen LogP contribution < -0.4 is 10.3 Å². The van der Waals surface area contributed by atoms with Crippen LogP contribution in [0.1, 0.15) is 49.7 Å². The smallest absolute Gasteiger partial charge is 0.257 e. The second-order valence-electron chi connectivity index (χ2n) is 8.49. The van der Waals surface area contributed by atoms with Gasteiger partial charge in [-0.2, -0.15) is 5.10 Å². The molecule has 2 aromatic rings. The Bertz CT molecular complexity index is 881. The van der Waals surface area contributed by atoms with Crippen LogP contribution in [0.3, 0.4) is 0 Å². The van der Waals surface area contributed by atoms with E-state index in [-0.39, 0.29) is 5.91 Å². The highest BCUT2D eigenvalue weighted by atomic mass is 32.1. The van der Waals surface area contributed by atoms with Crippen LogP contribution in [0, 0.1) is 11.8 Å². The summed E-state index contributed by atoms with van der Waals surface area (Å²) in [5.74, 6) is 1.34. The molecule has 0 radical (unpaired) electrons. The monoisotopic (exact) mass is 411 g/mol. The molecule has 3 heterocycles. The van der Waals surface area contributed by atoms with E-state index in [0.29, 0.717) is 10.7 Å². The Balaban J connectivity index is 1.34. The van der Waals surface area contributed by atoms with E-state index in [1.165, 1.54) is 17.8 Å². The predicted octanol–water partition coefficient (Wildman–Crippen LogP) is 4.46. The number of likely N-dealkylation sites (tertiary alicyclic amines) is 1. The maximum atomic E-state index is 12.6. The van der Waals surface area contributed by atoms with Crippen LogP contribution >= 0.6 is 11.3 Å². The van der Waals surface area contributed by atoms with Gasteiger partial charge in [0.1, 0.15) is 0 Å². The lowest BCUT2D eigenvalue weighted by atomic mass is 9.92. The van der Waals surface area contributed by atoms with Gasteiger partial charge in [0.15, 0.2) is 5.13 Å². The first-order valence-corrected chi connectivity index (χ1v) is 11.2. The largest absolute Gasteiger partial charge is 0.298 e. The highest BCUT2D eigenvalue weighted by Crippen LogP contribution is 2.25. The minimum atomic E-state index is -0.126. The van der Waals surface area contributed by atoms with Gasteiger partial charge in [0.2, 0.25) is 0 Å². The third-order valence-corrected chi connectivity index (χ3v) is 6.31. The van der Waals surface area contributed by atoms with Crippen LogP contribution in [0.15, 0.2) is 34.7 Å². The molecule has 2 atom stereocenters. The molecule has 6 nitrogen and oxygen atoms in total. The number of carbonyl (C=O) groups excluding carboxylic acids is 1. The second kappa shape index (κ2) is 8.63. The Labute approximate surface area is 176 Å². The zero-order valence-corrected chi connectivity index (χ0v) is 18.2. The molecule has 0 bridgehead atoms. The van der Waals surface area contributed by atoms with Crippen LogP contribution in [0.2, 0.25) is 0 Å². The van der Waals surface area contributed by atoms with Crippen molar-refractivity contribution < 1.29 is 4.79 Å². The van der Waals surface area contributed by atoms with Crippen molar-refractivity contribution in [2.75, 3.05) is 30.0 Å². The molecule has 0 saturated carbocycles. The van der Waals surface area contributed by atoms with Crippen LogP contribution in [-0.4, -0.2) is 41.1 Å². The first-order chi connectivity index (χ1) is 14.0. The molecule has 4 rings (SSSR count). The summed E-state index contributed by atoms with van der Waals surface area (Å²) in [5.41, 5.74) is 3.81. The standard InChI is InChI=1S/C22H29N5OS/c1-15-10-16(2)12-26(11-15)13-19-14-29-22(23-19)24-21(28)18-4-6-20(7-5-18)27-9-8-17(3)25-27/h4-7,14-16H,8-13H2,1-3H3,(H,23,24,28)/t15-,16-/m1/s1. The summed E-state index contributed by atoms with van der Waals surface area (Å²) in [7, 11) is 0. The molecule has 1 fully saturated rings. The molecule has 154 valence electrons. The number of hydrogen-bond donors (Lipinski definition) is 1. The number of amides is 1. The summed E-state index contributed by atoms with van der Waals surface area (Å²) in [6.07, 6.45) is 2.29. The number of benzene rings is 1. The van der Waals surface area contributed by atoms with Gasteiger partial charge in [0.25, 0.3) is 5.91 Å². The molecule has 1 aromatic heterocycles. The molecule has 1 N–H and O–H groups in total. The summed E-state index contributed by atoms with van der Waals surface area (Å²) in [6, 6.07) is 7.59. The molecule has 1 aromatic carbocycles. The van der Waals surface area contributed by atoms with E-state index in [1.807, 2.05) is 36.2 Å². The molecule has 0 unspecified atom stereocenters. The van der Waals surface area contributed by atoms with Gasteiger partial charge in [-0.3, -0.25) is 20.0 Å². The van der Waals surface area contributed by atoms with E-state index in [0.717, 1.165) is 61.5 Å². The molecular weight excluding hydrogens is 382 g/mol. The number of hydrazone groups is 1. The minimum absolute atomic E-state index is 0.126. The van der Waals surface area contributed by atoms with Gasteiger partial charge >= 0.3 is 0 Å². The molecule has 7 heteroatoms. The zero-order valence-electron chi connectivity index (χ0n) is 17.4. The van der Waals surface area contributed by atoms with E-state index >= 15 is 0 Å². The van der Waals surface area contributed by atoms with Gasteiger partial charge < -0.3 is 0 Å². The van der Waals surface area contributed by atoms with Crippen LogP contribution in [0.4, 0.5) is 10.8 Å². The van der Waals surface area contributed by atoms with Crippen molar-refractivity contribution in [3.63, 3.8) is 0 Å². The van der Waals surface area contributed by atoms with Gasteiger partial charge in [0.05, 0.1) is 11.4 Å². The van der Waals surface area contributed by atoms with Gasteiger partial charge in [0, 0.05) is 49.3 Å². The lowest BCUT2D eigenvalue weighted by molar-refractivity contribution is 0.102. The summed E-state index contributed by atoms with van der Waals surface area (Å²) < 4.78 is 0. The van der Waals surface area contributed by atoms with Crippen molar-refractivity contribution >= 4 is 33.8 Å². The quantitative estimate of drug-likeness (QED) is 0.789. The molecule has 0 spiro atoms. The molecule has 29 heavy (non-hydrogen) atoms. The van der Waals surface area contributed by atoms with E-state index < -0.39 is 0 Å². The van der Waals surface area contributed by atoms with Crippen molar-refractivity contribution in [2.24, 2.45) is 16.9 Å². The van der Waals surface area contributed by atoms with Crippen LogP contribution in [0.5, 0.6) is 0 Å². The maximum Gasteiger partial charge on any atom is 0.257 e. The van der Waals surface area contributed by atoms with Gasteiger partial charge in [-0.15, -0.1) is 11.3 Å². The van der Waals surface area contributed by atoms with Crippen molar-refractivity contribution in [1.82, 2.24) is 9.88 Å². The van der Waals surface area contributed by atoms with Crippen molar-refractivity contribution in [3.8, 4) is 0 Å². The topological polar surface area (TPSA) is 60.8 Å². The third kappa shape index (κ3) is 5.03. The lowest BCUT2D eigenvalue weighted by Gasteiger charge is -2.34. The van der Waals surface area contributed by atoms with Crippen molar-refractivity contribution in [1.29, 1.82) is 0 Å². The fraction of sp³-hybridized carbons (Fsp3) is 0.500. The number of nitrogens with one attached hydrogen (secondary N) is 1. The fourth-order valence-corrected chi connectivity index (χ4v) is 5.00. The van der Waals surface area contributed by atoms with E-state index in [2.05, 4.69) is 39.5 Å². The summed E-state index contributed by atoms with van der Waals surface area (Å²) >= 11 is 1.49. The first kappa shape index (κ1) is 20.0. The minimum Gasteiger partial charge on any atom is -0.298 e. The number of rotatable bonds is 5. The zero-order chi connectivity index (χ0) is 20.4. The highest BCUT2D eigenvalue weighted by molar-refractivity contribution is 7.14. The fourth-order valence-electron chi connectivity index (χ4n) is 4.30. The normalized spacial score (nSPS) is 22.6. The number of anilines is 2. The number of aromatic nitrogens is 1. The van der Waals surface area contributed by atoms with Crippen molar-refractivity contribution in [2.45, 2.75) is 40.2 Å². The Morgan fingerprint density at radius 1 is 1.21 bits per heavy atom. The van der Waals surface area contributed by atoms with Gasteiger partial charge in [-0.05, 0) is 49.4 Å². The van der Waals surface area contributed by atoms with E-state index in [9.17, 15) is 4.79 Å². The van der Waals surface area contributed by atoms with Gasteiger partial charge in [-0.1, -0.05) is 13.8 Å². The van der Waals surface area contributed by atoms with Crippen LogP contribution in [0.25, 0.3) is 0 Å². The highest BCUT2D eigenvalue weighted by Gasteiger charge is 2.22. The Kier molecular flexibility index (Phi) is 5.96. The summed E-state index contributed by atoms with van der Waals surface area (Å²) in [6.45, 7) is 10.7. The molecule has 1 saturated heterocycles. The molecule has 2 aliphatic rings. The first-order valence-electron chi connectivity index (χ1n) is 10.4. The molecule has 1 amide bonds. The molecular formula is C22H29N5OS. The van der Waals surface area contributed by atoms with E-state index in [4.69, 9.17) is 0 Å². The van der Waals surface area contributed by atoms with E-state index in [1.54, 1.807) is 0 Å². The number of carbonyl (C=O) groups is 1. The Morgan fingerprint density at radius 3 is 2.59 bits per heavy atom. The van der Waals surface area contributed by atoms with Crippen LogP contribution in [-0.2, 0) is 6.54 Å². The third-order valence-electron chi connectivity index (χ3n) is 5.51. The Hall–Kier alpha value is -2.25. The summed E-state index contributed by atoms with van der Waals surface area (Å²) in [4.78, 5) is 19.7. The predicted molar refractivity (Wildman–Crippen MR) is 120 cm³/mol.